The molecule has 0 bridgehead atoms. The third kappa shape index (κ3) is 8.73. The molecule has 8 heteroatoms. The molecule has 0 radical (unpaired) electrons. The number of hydrogen-bond acceptors (Lipinski definition) is 6. The second-order valence-electron chi connectivity index (χ2n) is 7.28. The molecule has 2 amide bonds. The Balaban J connectivity index is 1.36. The molecule has 0 aliphatic rings. The Morgan fingerprint density at radius 2 is 1.65 bits per heavy atom. The van der Waals surface area contributed by atoms with Crippen molar-refractivity contribution in [2.45, 2.75) is 17.9 Å². The van der Waals surface area contributed by atoms with Crippen LogP contribution in [-0.2, 0) is 6.61 Å². The standard InChI is InChI=1S/C26H30N4O3S/c1-28-34-24-14-8-20(9-15-24)19-33-23-12-10-21(11-13-23)25(27)18-30-26(31)29-16-5-17-32-22-6-3-2-4-7-22/h2-4,6-15,18,28H,5,16-17,19,27H2,1H3,(H2,29,30,31)/b25-18-. The summed E-state index contributed by atoms with van der Waals surface area (Å²) in [5, 5.41) is 5.42. The summed E-state index contributed by atoms with van der Waals surface area (Å²) in [6.45, 7) is 1.50. The van der Waals surface area contributed by atoms with Gasteiger partial charge in [-0.2, -0.15) is 0 Å². The topological polar surface area (TPSA) is 97.6 Å². The van der Waals surface area contributed by atoms with Crippen LogP contribution in [0.5, 0.6) is 11.5 Å². The molecule has 0 saturated heterocycles. The van der Waals surface area contributed by atoms with E-state index in [0.29, 0.717) is 31.9 Å². The second kappa shape index (κ2) is 13.8. The summed E-state index contributed by atoms with van der Waals surface area (Å²) in [5.74, 6) is 1.56. The van der Waals surface area contributed by atoms with E-state index < -0.39 is 0 Å². The quantitative estimate of drug-likeness (QED) is 0.226. The molecule has 0 aliphatic carbocycles. The van der Waals surface area contributed by atoms with Crippen molar-refractivity contribution in [3.8, 4) is 11.5 Å². The summed E-state index contributed by atoms with van der Waals surface area (Å²) >= 11 is 1.57. The Hall–Kier alpha value is -3.62. The minimum atomic E-state index is -0.318. The summed E-state index contributed by atoms with van der Waals surface area (Å²) in [4.78, 5) is 13.1. The van der Waals surface area contributed by atoms with E-state index in [-0.39, 0.29) is 6.03 Å². The summed E-state index contributed by atoms with van der Waals surface area (Å²) in [6, 6.07) is 24.9. The van der Waals surface area contributed by atoms with Gasteiger partial charge in [-0.25, -0.2) is 4.79 Å². The molecule has 0 aliphatic heterocycles. The fraction of sp³-hybridized carbons (Fsp3) is 0.192. The number of urea groups is 1. The number of carbonyl (C=O) groups is 1. The normalized spacial score (nSPS) is 11.0. The third-order valence-corrected chi connectivity index (χ3v) is 5.43. The van der Waals surface area contributed by atoms with E-state index >= 15 is 0 Å². The van der Waals surface area contributed by atoms with Crippen molar-refractivity contribution in [1.29, 1.82) is 0 Å². The van der Waals surface area contributed by atoms with Crippen molar-refractivity contribution in [3.63, 3.8) is 0 Å². The Bertz CT molecular complexity index is 1040. The van der Waals surface area contributed by atoms with E-state index in [2.05, 4.69) is 27.5 Å². The predicted molar refractivity (Wildman–Crippen MR) is 137 cm³/mol. The molecule has 3 rings (SSSR count). The lowest BCUT2D eigenvalue weighted by atomic mass is 10.1. The molecule has 0 spiro atoms. The molecule has 0 unspecified atom stereocenters. The highest BCUT2D eigenvalue weighted by Gasteiger charge is 2.02. The molecule has 0 heterocycles. The highest BCUT2D eigenvalue weighted by atomic mass is 32.2. The molecule has 178 valence electrons. The van der Waals surface area contributed by atoms with Gasteiger partial charge < -0.3 is 25.8 Å². The largest absolute Gasteiger partial charge is 0.494 e. The number of nitrogens with one attached hydrogen (secondary N) is 3. The van der Waals surface area contributed by atoms with Crippen LogP contribution >= 0.6 is 11.9 Å². The van der Waals surface area contributed by atoms with Crippen molar-refractivity contribution >= 4 is 23.7 Å². The molecular formula is C26H30N4O3S. The maximum atomic E-state index is 12.0. The number of nitrogens with two attached hydrogens (primary N) is 1. The lowest BCUT2D eigenvalue weighted by Gasteiger charge is -2.09. The predicted octanol–water partition coefficient (Wildman–Crippen LogP) is 4.52. The van der Waals surface area contributed by atoms with Crippen LogP contribution in [0.1, 0.15) is 17.5 Å². The van der Waals surface area contributed by atoms with Crippen LogP contribution in [0, 0.1) is 0 Å². The number of rotatable bonds is 12. The summed E-state index contributed by atoms with van der Waals surface area (Å²) in [5.41, 5.74) is 8.42. The van der Waals surface area contributed by atoms with E-state index in [1.165, 1.54) is 6.20 Å². The van der Waals surface area contributed by atoms with Crippen LogP contribution < -0.4 is 30.6 Å². The van der Waals surface area contributed by atoms with Crippen LogP contribution in [0.3, 0.4) is 0 Å². The van der Waals surface area contributed by atoms with Crippen LogP contribution in [0.2, 0.25) is 0 Å². The Morgan fingerprint density at radius 3 is 2.35 bits per heavy atom. The van der Waals surface area contributed by atoms with E-state index in [9.17, 15) is 4.79 Å². The number of amides is 2. The zero-order valence-corrected chi connectivity index (χ0v) is 19.9. The maximum Gasteiger partial charge on any atom is 0.318 e. The van der Waals surface area contributed by atoms with E-state index in [4.69, 9.17) is 15.2 Å². The summed E-state index contributed by atoms with van der Waals surface area (Å²) < 4.78 is 14.5. The molecule has 0 fully saturated rings. The minimum absolute atomic E-state index is 0.318. The zero-order chi connectivity index (χ0) is 24.0. The Kier molecular flexibility index (Phi) is 10.2. The van der Waals surface area contributed by atoms with Crippen LogP contribution in [0.25, 0.3) is 5.70 Å². The molecule has 7 nitrogen and oxygen atoms in total. The first-order valence-electron chi connectivity index (χ1n) is 11.0. The minimum Gasteiger partial charge on any atom is -0.494 e. The molecule has 5 N–H and O–H groups in total. The van der Waals surface area contributed by atoms with Gasteiger partial charge >= 0.3 is 6.03 Å². The fourth-order valence-corrected chi connectivity index (χ4v) is 3.45. The van der Waals surface area contributed by atoms with Crippen LogP contribution in [0.4, 0.5) is 4.79 Å². The highest BCUT2D eigenvalue weighted by molar-refractivity contribution is 7.97. The van der Waals surface area contributed by atoms with Crippen molar-refractivity contribution in [1.82, 2.24) is 15.4 Å². The summed E-state index contributed by atoms with van der Waals surface area (Å²) in [6.07, 6.45) is 2.18. The van der Waals surface area contributed by atoms with Crippen LogP contribution in [0.15, 0.2) is 90.0 Å². The first-order valence-corrected chi connectivity index (χ1v) is 11.8. The molecule has 3 aromatic carbocycles. The molecular weight excluding hydrogens is 448 g/mol. The van der Waals surface area contributed by atoms with Gasteiger partial charge in [-0.1, -0.05) is 30.3 Å². The SMILES string of the molecule is CNSc1ccc(COc2ccc(/C(N)=C/NC(=O)NCCCOc3ccccc3)cc2)cc1. The van der Waals surface area contributed by atoms with Gasteiger partial charge in [0, 0.05) is 17.6 Å². The van der Waals surface area contributed by atoms with Gasteiger partial charge in [0.1, 0.15) is 18.1 Å². The van der Waals surface area contributed by atoms with E-state index in [1.807, 2.05) is 73.8 Å². The van der Waals surface area contributed by atoms with Gasteiger partial charge in [0.15, 0.2) is 0 Å². The van der Waals surface area contributed by atoms with Crippen molar-refractivity contribution in [2.24, 2.45) is 5.73 Å². The maximum absolute atomic E-state index is 12.0. The summed E-state index contributed by atoms with van der Waals surface area (Å²) in [7, 11) is 1.89. The molecule has 0 saturated carbocycles. The van der Waals surface area contributed by atoms with E-state index in [0.717, 1.165) is 27.5 Å². The van der Waals surface area contributed by atoms with Crippen molar-refractivity contribution < 1.29 is 14.3 Å². The number of ether oxygens (including phenoxy) is 2. The van der Waals surface area contributed by atoms with Gasteiger partial charge in [-0.3, -0.25) is 4.72 Å². The average Bonchev–Trinajstić information content (AvgIpc) is 2.88. The number of carbonyl (C=O) groups excluding carboxylic acids is 1. The van der Waals surface area contributed by atoms with Crippen molar-refractivity contribution in [3.05, 3.63) is 96.2 Å². The van der Waals surface area contributed by atoms with Gasteiger partial charge in [0.05, 0.1) is 12.3 Å². The van der Waals surface area contributed by atoms with Crippen molar-refractivity contribution in [2.75, 3.05) is 20.2 Å². The second-order valence-corrected chi connectivity index (χ2v) is 8.36. The van der Waals surface area contributed by atoms with Crippen LogP contribution in [-0.4, -0.2) is 26.2 Å². The number of para-hydroxylation sites is 1. The Morgan fingerprint density at radius 1 is 0.941 bits per heavy atom. The van der Waals surface area contributed by atoms with Gasteiger partial charge in [-0.05, 0) is 85.1 Å². The number of hydrogen-bond donors (Lipinski definition) is 4. The first kappa shape index (κ1) is 25.0. The average molecular weight is 479 g/mol. The molecule has 3 aromatic rings. The lowest BCUT2D eigenvalue weighted by molar-refractivity contribution is 0.242. The lowest BCUT2D eigenvalue weighted by Crippen LogP contribution is -2.33. The first-order chi connectivity index (χ1) is 16.6. The van der Waals surface area contributed by atoms with Gasteiger partial charge in [0.2, 0.25) is 0 Å². The van der Waals surface area contributed by atoms with Gasteiger partial charge in [0.25, 0.3) is 0 Å². The molecule has 0 atom stereocenters. The number of benzene rings is 3. The fourth-order valence-electron chi connectivity index (χ4n) is 2.94. The monoisotopic (exact) mass is 478 g/mol. The third-order valence-electron chi connectivity index (χ3n) is 4.71. The smallest absolute Gasteiger partial charge is 0.318 e. The Labute approximate surface area is 204 Å². The highest BCUT2D eigenvalue weighted by Crippen LogP contribution is 2.19. The molecule has 0 aromatic heterocycles. The van der Waals surface area contributed by atoms with E-state index in [1.54, 1.807) is 11.9 Å². The zero-order valence-electron chi connectivity index (χ0n) is 19.1. The van der Waals surface area contributed by atoms with Gasteiger partial charge in [-0.15, -0.1) is 0 Å². The molecule has 34 heavy (non-hydrogen) atoms.